The van der Waals surface area contributed by atoms with Crippen molar-refractivity contribution < 1.29 is 7.58 Å². The number of allylic oxidation sites excluding steroid dienone is 1. The minimum atomic E-state index is -2.36. The van der Waals surface area contributed by atoms with Crippen molar-refractivity contribution in [3.8, 4) is 22.6 Å². The average molecular weight is 419 g/mol. The molecule has 0 saturated carbocycles. The molecule has 0 unspecified atom stereocenters. The molecule has 0 spiro atoms. The molecule has 1 aliphatic heterocycles. The predicted molar refractivity (Wildman–Crippen MR) is 130 cm³/mol. The summed E-state index contributed by atoms with van der Waals surface area (Å²) in [4.78, 5) is 0. The number of rotatable bonds is 3. The zero-order chi connectivity index (χ0) is 21.2. The lowest BCUT2D eigenvalue weighted by molar-refractivity contribution is 0.423. The smallest absolute Gasteiger partial charge is 0.593 e. The molecule has 0 aliphatic carbocycles. The van der Waals surface area contributed by atoms with Crippen molar-refractivity contribution in [2.45, 2.75) is 13.8 Å². The second kappa shape index (κ2) is 8.43. The highest BCUT2D eigenvalue weighted by Gasteiger charge is 2.37. The van der Waals surface area contributed by atoms with Gasteiger partial charge in [-0.2, -0.15) is 0 Å². The van der Waals surface area contributed by atoms with E-state index in [4.69, 9.17) is 11.6 Å². The fourth-order valence-corrected chi connectivity index (χ4v) is 5.19. The number of nitrogens with zero attached hydrogens (tertiary/aromatic N) is 1. The van der Waals surface area contributed by atoms with Gasteiger partial charge in [0.05, 0.1) is 11.5 Å². The molecule has 31 heavy (non-hydrogen) atoms. The summed E-state index contributed by atoms with van der Waals surface area (Å²) < 4.78 is 17.3. The van der Waals surface area contributed by atoms with Gasteiger partial charge >= 0.3 is 15.0 Å². The largest absolute Gasteiger partial charge is 1.06 e. The van der Waals surface area contributed by atoms with E-state index in [2.05, 4.69) is 73.7 Å². The van der Waals surface area contributed by atoms with Crippen LogP contribution in [0.15, 0.2) is 95.0 Å². The van der Waals surface area contributed by atoms with Crippen LogP contribution in [0.4, 0.5) is 0 Å². The summed E-state index contributed by atoms with van der Waals surface area (Å²) in [7, 11) is 0. The molecular formula is C27H22AlNO2. The van der Waals surface area contributed by atoms with Gasteiger partial charge in [-0.05, 0) is 77.2 Å². The van der Waals surface area contributed by atoms with Crippen molar-refractivity contribution >= 4 is 37.6 Å². The van der Waals surface area contributed by atoms with Gasteiger partial charge in [-0.25, -0.2) is 0 Å². The van der Waals surface area contributed by atoms with Crippen molar-refractivity contribution in [1.29, 1.82) is 0 Å². The van der Waals surface area contributed by atoms with Gasteiger partial charge in [0.15, 0.2) is 0 Å². The fourth-order valence-electron chi connectivity index (χ4n) is 3.77. The maximum Gasteiger partial charge on any atom is 1.06 e. The zero-order valence-electron chi connectivity index (χ0n) is 17.6. The van der Waals surface area contributed by atoms with E-state index in [1.807, 2.05) is 37.3 Å². The van der Waals surface area contributed by atoms with Crippen molar-refractivity contribution in [2.75, 3.05) is 0 Å². The highest BCUT2D eigenvalue weighted by Crippen LogP contribution is 2.29. The molecule has 0 amide bonds. The minimum absolute atomic E-state index is 0.783. The SMILES string of the molecule is CC1=[N]\[Al]([O]c2ccc3cc(-c4ccccc4)ccc3c2)[O]c2cccc(c2C)/C=C\1. The first-order chi connectivity index (χ1) is 15.2. The van der Waals surface area contributed by atoms with Crippen LogP contribution in [-0.2, 0) is 0 Å². The normalized spacial score (nSPS) is 15.8. The maximum absolute atomic E-state index is 6.29. The van der Waals surface area contributed by atoms with Crippen LogP contribution in [0.5, 0.6) is 11.5 Å². The summed E-state index contributed by atoms with van der Waals surface area (Å²) in [5.74, 6) is 1.62. The lowest BCUT2D eigenvalue weighted by Gasteiger charge is -2.15. The molecule has 0 radical (unpaired) electrons. The molecule has 150 valence electrons. The van der Waals surface area contributed by atoms with Gasteiger partial charge in [0, 0.05) is 5.71 Å². The van der Waals surface area contributed by atoms with Gasteiger partial charge in [-0.3, -0.25) is 0 Å². The molecule has 0 saturated heterocycles. The summed E-state index contributed by atoms with van der Waals surface area (Å²) in [5, 5.41) is 2.31. The summed E-state index contributed by atoms with van der Waals surface area (Å²) >= 11 is -2.36. The van der Waals surface area contributed by atoms with Crippen molar-refractivity contribution in [2.24, 2.45) is 3.98 Å². The predicted octanol–water partition coefficient (Wildman–Crippen LogP) is 6.75. The summed E-state index contributed by atoms with van der Waals surface area (Å²) in [6.45, 7) is 4.06. The first kappa shape index (κ1) is 19.6. The molecule has 0 N–H and O–H groups in total. The van der Waals surface area contributed by atoms with E-state index in [1.54, 1.807) is 0 Å². The summed E-state index contributed by atoms with van der Waals surface area (Å²) in [5.41, 5.74) is 5.58. The van der Waals surface area contributed by atoms with Crippen molar-refractivity contribution in [1.82, 2.24) is 0 Å². The van der Waals surface area contributed by atoms with Crippen LogP contribution in [0.3, 0.4) is 0 Å². The Morgan fingerprint density at radius 2 is 1.55 bits per heavy atom. The molecule has 0 fully saturated rings. The molecule has 5 rings (SSSR count). The monoisotopic (exact) mass is 419 g/mol. The Hall–Kier alpha value is -3.32. The quantitative estimate of drug-likeness (QED) is 0.344. The van der Waals surface area contributed by atoms with Gasteiger partial charge in [0.1, 0.15) is 0 Å². The Balaban J connectivity index is 1.44. The van der Waals surface area contributed by atoms with E-state index in [-0.39, 0.29) is 0 Å². The van der Waals surface area contributed by atoms with Crippen LogP contribution in [-0.4, -0.2) is 20.7 Å². The molecule has 4 heteroatoms. The Morgan fingerprint density at radius 1 is 0.742 bits per heavy atom. The summed E-state index contributed by atoms with van der Waals surface area (Å²) in [6, 6.07) is 29.2. The van der Waals surface area contributed by atoms with Gasteiger partial charge < -0.3 is 11.6 Å². The Morgan fingerprint density at radius 3 is 2.42 bits per heavy atom. The van der Waals surface area contributed by atoms with Gasteiger partial charge in [0.2, 0.25) is 0 Å². The Kier molecular flexibility index (Phi) is 5.34. The van der Waals surface area contributed by atoms with E-state index >= 15 is 0 Å². The molecule has 4 aromatic carbocycles. The van der Waals surface area contributed by atoms with E-state index in [0.717, 1.165) is 33.7 Å². The van der Waals surface area contributed by atoms with E-state index in [9.17, 15) is 0 Å². The molecule has 4 aromatic rings. The standard InChI is InChI=1S/C16H12O.C11H12NO.Al/c17-16-9-8-14-10-13(6-7-15(14)11-16)12-4-2-1-3-5-12;1-8(12)6-7-10-4-3-5-11(13)9(10)2;/h1-11,17H;3-7,13H,1-2H3;/q;-1;+3/p-2/b;7-6-;. The Labute approximate surface area is 187 Å². The first-order valence-corrected chi connectivity index (χ1v) is 11.9. The third-order valence-corrected chi connectivity index (χ3v) is 7.07. The van der Waals surface area contributed by atoms with Crippen LogP contribution in [0, 0.1) is 6.92 Å². The molecule has 2 bridgehead atoms. The van der Waals surface area contributed by atoms with Crippen LogP contribution >= 0.6 is 0 Å². The van der Waals surface area contributed by atoms with Crippen LogP contribution in [0.2, 0.25) is 0 Å². The van der Waals surface area contributed by atoms with E-state index < -0.39 is 15.0 Å². The fraction of sp³-hybridized carbons (Fsp3) is 0.0741. The first-order valence-electron chi connectivity index (χ1n) is 10.4. The van der Waals surface area contributed by atoms with Crippen molar-refractivity contribution in [3.05, 3.63) is 102 Å². The van der Waals surface area contributed by atoms with Gasteiger partial charge in [0.25, 0.3) is 0 Å². The zero-order valence-corrected chi connectivity index (χ0v) is 18.7. The van der Waals surface area contributed by atoms with Crippen LogP contribution in [0.1, 0.15) is 18.1 Å². The highest BCUT2D eigenvalue weighted by atomic mass is 27.2. The molecule has 0 atom stereocenters. The minimum Gasteiger partial charge on any atom is -0.593 e. The second-order valence-electron chi connectivity index (χ2n) is 7.71. The number of hydrogen-bond donors (Lipinski definition) is 0. The summed E-state index contributed by atoms with van der Waals surface area (Å²) in [6.07, 6.45) is 4.10. The van der Waals surface area contributed by atoms with Crippen molar-refractivity contribution in [3.63, 3.8) is 0 Å². The number of hydrogen-bond acceptors (Lipinski definition) is 3. The van der Waals surface area contributed by atoms with E-state index in [0.29, 0.717) is 0 Å². The average Bonchev–Trinajstić information content (AvgIpc) is 2.82. The molecule has 3 nitrogen and oxygen atoms in total. The topological polar surface area (TPSA) is 30.8 Å². The molecule has 1 heterocycles. The van der Waals surface area contributed by atoms with E-state index in [1.165, 1.54) is 16.5 Å². The van der Waals surface area contributed by atoms with Gasteiger partial charge in [-0.1, -0.05) is 66.7 Å². The third kappa shape index (κ3) is 4.27. The third-order valence-electron chi connectivity index (χ3n) is 5.52. The number of fused-ring (bicyclic) bond motifs is 3. The molecular weight excluding hydrogens is 397 g/mol. The van der Waals surface area contributed by atoms with Crippen LogP contribution in [0.25, 0.3) is 28.0 Å². The Bertz CT molecular complexity index is 1310. The maximum atomic E-state index is 6.29. The van der Waals surface area contributed by atoms with Crippen LogP contribution < -0.4 is 7.58 Å². The van der Waals surface area contributed by atoms with Gasteiger partial charge in [-0.15, -0.1) is 0 Å². The molecule has 1 aliphatic rings. The lowest BCUT2D eigenvalue weighted by atomic mass is 10.0. The second-order valence-corrected chi connectivity index (χ2v) is 9.05. The highest BCUT2D eigenvalue weighted by molar-refractivity contribution is 6.47. The molecule has 0 aromatic heterocycles. The number of benzene rings is 4. The lowest BCUT2D eigenvalue weighted by Crippen LogP contribution is -2.29.